The lowest BCUT2D eigenvalue weighted by atomic mass is 10.0. The highest BCUT2D eigenvalue weighted by Gasteiger charge is 2.20. The van der Waals surface area contributed by atoms with Crippen LogP contribution in [0.2, 0.25) is 0 Å². The molecular formula is C17H23NO3. The molecular weight excluding hydrogens is 266 g/mol. The number of aliphatic hydroxyl groups is 1. The molecule has 3 unspecified atom stereocenters. The number of rotatable bonds is 6. The summed E-state index contributed by atoms with van der Waals surface area (Å²) in [6.45, 7) is 6.01. The Labute approximate surface area is 125 Å². The standard InChI is InChI=1S/C17H23NO3/c1-11-9-10-21-17(11)13(3)18-12(2)16(19)14-5-7-15(20-4)8-6-14/h5-10,12-13,16,18-19H,1-4H3. The molecule has 114 valence electrons. The first-order valence-electron chi connectivity index (χ1n) is 7.15. The van der Waals surface area contributed by atoms with Crippen molar-refractivity contribution in [3.63, 3.8) is 0 Å². The summed E-state index contributed by atoms with van der Waals surface area (Å²) in [5.41, 5.74) is 1.97. The molecule has 0 aliphatic rings. The number of aliphatic hydroxyl groups excluding tert-OH is 1. The zero-order valence-corrected chi connectivity index (χ0v) is 13.0. The smallest absolute Gasteiger partial charge is 0.123 e. The number of benzene rings is 1. The Kier molecular flexibility index (Phi) is 5.04. The van der Waals surface area contributed by atoms with Gasteiger partial charge < -0.3 is 19.6 Å². The summed E-state index contributed by atoms with van der Waals surface area (Å²) in [4.78, 5) is 0. The first-order chi connectivity index (χ1) is 10.0. The van der Waals surface area contributed by atoms with Gasteiger partial charge in [-0.3, -0.25) is 0 Å². The maximum absolute atomic E-state index is 10.4. The molecule has 0 radical (unpaired) electrons. The minimum atomic E-state index is -0.589. The van der Waals surface area contributed by atoms with E-state index in [9.17, 15) is 5.11 Å². The molecule has 4 nitrogen and oxygen atoms in total. The number of hydrogen-bond donors (Lipinski definition) is 2. The van der Waals surface area contributed by atoms with Crippen LogP contribution in [-0.4, -0.2) is 18.3 Å². The van der Waals surface area contributed by atoms with Crippen LogP contribution in [0, 0.1) is 6.92 Å². The molecule has 0 fully saturated rings. The van der Waals surface area contributed by atoms with E-state index in [-0.39, 0.29) is 12.1 Å². The summed E-state index contributed by atoms with van der Waals surface area (Å²) < 4.78 is 10.6. The monoisotopic (exact) mass is 289 g/mol. The van der Waals surface area contributed by atoms with Gasteiger partial charge in [-0.1, -0.05) is 12.1 Å². The van der Waals surface area contributed by atoms with Crippen molar-refractivity contribution in [2.75, 3.05) is 7.11 Å². The second-order valence-corrected chi connectivity index (χ2v) is 5.36. The quantitative estimate of drug-likeness (QED) is 0.856. The summed E-state index contributed by atoms with van der Waals surface area (Å²) >= 11 is 0. The molecule has 0 aliphatic heterocycles. The molecule has 1 heterocycles. The van der Waals surface area contributed by atoms with Crippen molar-refractivity contribution in [1.29, 1.82) is 0 Å². The fourth-order valence-corrected chi connectivity index (χ4v) is 2.48. The van der Waals surface area contributed by atoms with Gasteiger partial charge in [-0.15, -0.1) is 0 Å². The Bertz CT molecular complexity index is 562. The predicted molar refractivity (Wildman–Crippen MR) is 82.4 cm³/mol. The van der Waals surface area contributed by atoms with E-state index < -0.39 is 6.10 Å². The highest BCUT2D eigenvalue weighted by molar-refractivity contribution is 5.29. The molecule has 0 amide bonds. The van der Waals surface area contributed by atoms with E-state index >= 15 is 0 Å². The third kappa shape index (κ3) is 3.65. The molecule has 1 aromatic carbocycles. The van der Waals surface area contributed by atoms with Gasteiger partial charge in [0.2, 0.25) is 0 Å². The number of hydrogen-bond acceptors (Lipinski definition) is 4. The van der Waals surface area contributed by atoms with E-state index in [0.717, 1.165) is 22.6 Å². The molecule has 0 bridgehead atoms. The largest absolute Gasteiger partial charge is 0.497 e. The van der Waals surface area contributed by atoms with Crippen molar-refractivity contribution < 1.29 is 14.3 Å². The first kappa shape index (κ1) is 15.6. The lowest BCUT2D eigenvalue weighted by Gasteiger charge is -2.24. The molecule has 21 heavy (non-hydrogen) atoms. The number of aryl methyl sites for hydroxylation is 1. The fourth-order valence-electron chi connectivity index (χ4n) is 2.48. The predicted octanol–water partition coefficient (Wildman–Crippen LogP) is 3.37. The van der Waals surface area contributed by atoms with Gasteiger partial charge in [0, 0.05) is 6.04 Å². The van der Waals surface area contributed by atoms with Crippen LogP contribution in [0.25, 0.3) is 0 Å². The maximum atomic E-state index is 10.4. The highest BCUT2D eigenvalue weighted by Crippen LogP contribution is 2.24. The second kappa shape index (κ2) is 6.78. The van der Waals surface area contributed by atoms with E-state index in [1.54, 1.807) is 13.4 Å². The van der Waals surface area contributed by atoms with Crippen molar-refractivity contribution >= 4 is 0 Å². The molecule has 1 aromatic heterocycles. The summed E-state index contributed by atoms with van der Waals surface area (Å²) in [5.74, 6) is 1.69. The van der Waals surface area contributed by atoms with Crippen LogP contribution in [0.4, 0.5) is 0 Å². The summed E-state index contributed by atoms with van der Waals surface area (Å²) in [6, 6.07) is 9.35. The van der Waals surface area contributed by atoms with Crippen LogP contribution in [0.5, 0.6) is 5.75 Å². The summed E-state index contributed by atoms with van der Waals surface area (Å²) in [7, 11) is 1.63. The van der Waals surface area contributed by atoms with Gasteiger partial charge in [-0.25, -0.2) is 0 Å². The highest BCUT2D eigenvalue weighted by atomic mass is 16.5. The van der Waals surface area contributed by atoms with E-state index in [4.69, 9.17) is 9.15 Å². The van der Waals surface area contributed by atoms with Gasteiger partial charge in [0.15, 0.2) is 0 Å². The minimum Gasteiger partial charge on any atom is -0.497 e. The van der Waals surface area contributed by atoms with Crippen LogP contribution in [-0.2, 0) is 0 Å². The Morgan fingerprint density at radius 1 is 1.14 bits per heavy atom. The summed E-state index contributed by atoms with van der Waals surface area (Å²) in [6.07, 6.45) is 1.10. The maximum Gasteiger partial charge on any atom is 0.123 e. The van der Waals surface area contributed by atoms with Crippen LogP contribution < -0.4 is 10.1 Å². The molecule has 3 atom stereocenters. The van der Waals surface area contributed by atoms with Crippen molar-refractivity contribution in [3.05, 3.63) is 53.5 Å². The van der Waals surface area contributed by atoms with Gasteiger partial charge in [-0.2, -0.15) is 0 Å². The first-order valence-corrected chi connectivity index (χ1v) is 7.15. The number of nitrogens with one attached hydrogen (secondary N) is 1. The zero-order valence-electron chi connectivity index (χ0n) is 13.0. The Morgan fingerprint density at radius 2 is 1.81 bits per heavy atom. The van der Waals surface area contributed by atoms with Gasteiger partial charge >= 0.3 is 0 Å². The molecule has 0 saturated carbocycles. The zero-order chi connectivity index (χ0) is 15.4. The second-order valence-electron chi connectivity index (χ2n) is 5.36. The number of methoxy groups -OCH3 is 1. The van der Waals surface area contributed by atoms with Crippen molar-refractivity contribution in [1.82, 2.24) is 5.32 Å². The van der Waals surface area contributed by atoms with Crippen molar-refractivity contribution in [2.45, 2.75) is 39.0 Å². The lowest BCUT2D eigenvalue weighted by molar-refractivity contribution is 0.128. The molecule has 2 aromatic rings. The Balaban J connectivity index is 2.01. The Morgan fingerprint density at radius 3 is 2.33 bits per heavy atom. The SMILES string of the molecule is COc1ccc(C(O)C(C)NC(C)c2occc2C)cc1. The van der Waals surface area contributed by atoms with Crippen molar-refractivity contribution in [3.8, 4) is 5.75 Å². The molecule has 2 rings (SSSR count). The molecule has 0 aliphatic carbocycles. The summed E-state index contributed by atoms with van der Waals surface area (Å²) in [5, 5.41) is 13.8. The fraction of sp³-hybridized carbons (Fsp3) is 0.412. The third-order valence-corrected chi connectivity index (χ3v) is 3.74. The van der Waals surface area contributed by atoms with E-state index in [2.05, 4.69) is 5.32 Å². The topological polar surface area (TPSA) is 54.6 Å². The van der Waals surface area contributed by atoms with Crippen LogP contribution in [0.15, 0.2) is 41.0 Å². The van der Waals surface area contributed by atoms with Crippen LogP contribution in [0.3, 0.4) is 0 Å². The average Bonchev–Trinajstić information content (AvgIpc) is 2.92. The number of furan rings is 1. The molecule has 2 N–H and O–H groups in total. The third-order valence-electron chi connectivity index (χ3n) is 3.74. The molecule has 4 heteroatoms. The van der Waals surface area contributed by atoms with Crippen LogP contribution >= 0.6 is 0 Å². The molecule has 0 saturated heterocycles. The Hall–Kier alpha value is -1.78. The van der Waals surface area contributed by atoms with Crippen LogP contribution in [0.1, 0.15) is 42.9 Å². The van der Waals surface area contributed by atoms with E-state index in [0.29, 0.717) is 0 Å². The van der Waals surface area contributed by atoms with Gasteiger partial charge in [0.25, 0.3) is 0 Å². The normalized spacial score (nSPS) is 15.5. The van der Waals surface area contributed by atoms with Gasteiger partial charge in [-0.05, 0) is 50.1 Å². The minimum absolute atomic E-state index is 0.0444. The molecule has 0 spiro atoms. The van der Waals surface area contributed by atoms with E-state index in [1.807, 2.05) is 51.1 Å². The van der Waals surface area contributed by atoms with E-state index in [1.165, 1.54) is 0 Å². The van der Waals surface area contributed by atoms with Gasteiger partial charge in [0.05, 0.1) is 25.5 Å². The van der Waals surface area contributed by atoms with Crippen molar-refractivity contribution in [2.24, 2.45) is 0 Å². The lowest BCUT2D eigenvalue weighted by Crippen LogP contribution is -2.34. The average molecular weight is 289 g/mol. The number of ether oxygens (including phenoxy) is 1. The van der Waals surface area contributed by atoms with Gasteiger partial charge in [0.1, 0.15) is 11.5 Å².